The summed E-state index contributed by atoms with van der Waals surface area (Å²) in [6.45, 7) is 4.94. The topological polar surface area (TPSA) is 68.4 Å². The number of carbonyl (C=O) groups is 2. The van der Waals surface area contributed by atoms with Crippen LogP contribution >= 0.6 is 0 Å². The second-order valence-electron chi connectivity index (χ2n) is 8.09. The van der Waals surface area contributed by atoms with Gasteiger partial charge in [0, 0.05) is 55.7 Å². The molecule has 1 aromatic carbocycles. The van der Waals surface area contributed by atoms with E-state index in [-0.39, 0.29) is 17.9 Å². The van der Waals surface area contributed by atoms with Crippen molar-refractivity contribution < 1.29 is 9.59 Å². The van der Waals surface area contributed by atoms with Crippen molar-refractivity contribution in [1.29, 1.82) is 0 Å². The molecule has 0 radical (unpaired) electrons. The predicted molar refractivity (Wildman–Crippen MR) is 110 cm³/mol. The predicted octanol–water partition coefficient (Wildman–Crippen LogP) is 2.30. The SMILES string of the molecule is CC(C(=O)NC1CC1)N1CCN(C(=O)CCCc2c[nH]c3ccccc23)CC1. The third-order valence-corrected chi connectivity index (χ3v) is 6.03. The van der Waals surface area contributed by atoms with E-state index in [2.05, 4.69) is 39.6 Å². The highest BCUT2D eigenvalue weighted by Crippen LogP contribution is 2.21. The molecule has 1 unspecified atom stereocenters. The standard InChI is InChI=1S/C22H30N4O2/c1-16(22(28)24-18-9-10-18)25-11-13-26(14-12-25)21(27)8-4-5-17-15-23-20-7-3-2-6-19(17)20/h2-3,6-7,15-16,18,23H,4-5,8-14H2,1H3,(H,24,28). The Morgan fingerprint density at radius 1 is 1.18 bits per heavy atom. The number of hydrogen-bond acceptors (Lipinski definition) is 3. The number of piperazine rings is 1. The minimum Gasteiger partial charge on any atom is -0.361 e. The molecule has 1 atom stereocenters. The number of fused-ring (bicyclic) bond motifs is 1. The highest BCUT2D eigenvalue weighted by atomic mass is 16.2. The maximum atomic E-state index is 12.6. The first kappa shape index (κ1) is 19.0. The Hall–Kier alpha value is -2.34. The summed E-state index contributed by atoms with van der Waals surface area (Å²) in [5.41, 5.74) is 2.43. The number of nitrogens with zero attached hydrogens (tertiary/aromatic N) is 2. The Bertz CT molecular complexity index is 834. The zero-order chi connectivity index (χ0) is 19.5. The van der Waals surface area contributed by atoms with Gasteiger partial charge >= 0.3 is 0 Å². The van der Waals surface area contributed by atoms with Crippen LogP contribution in [-0.2, 0) is 16.0 Å². The number of para-hydroxylation sites is 1. The van der Waals surface area contributed by atoms with Crippen LogP contribution in [0, 0.1) is 0 Å². The Morgan fingerprint density at radius 3 is 2.68 bits per heavy atom. The van der Waals surface area contributed by atoms with Gasteiger partial charge in [-0.25, -0.2) is 0 Å². The summed E-state index contributed by atoms with van der Waals surface area (Å²) in [6, 6.07) is 8.58. The number of benzene rings is 1. The van der Waals surface area contributed by atoms with E-state index in [0.717, 1.165) is 44.3 Å². The first-order valence-electron chi connectivity index (χ1n) is 10.5. The van der Waals surface area contributed by atoms with Gasteiger partial charge in [-0.1, -0.05) is 18.2 Å². The van der Waals surface area contributed by atoms with Crippen molar-refractivity contribution in [3.8, 4) is 0 Å². The maximum absolute atomic E-state index is 12.6. The summed E-state index contributed by atoms with van der Waals surface area (Å²) in [5.74, 6) is 0.357. The van der Waals surface area contributed by atoms with E-state index in [1.807, 2.05) is 17.9 Å². The van der Waals surface area contributed by atoms with E-state index in [1.165, 1.54) is 10.9 Å². The van der Waals surface area contributed by atoms with E-state index < -0.39 is 0 Å². The molecule has 1 aliphatic carbocycles. The number of hydrogen-bond donors (Lipinski definition) is 2. The van der Waals surface area contributed by atoms with Crippen LogP contribution < -0.4 is 5.32 Å². The van der Waals surface area contributed by atoms with Crippen LogP contribution in [0.2, 0.25) is 0 Å². The molecule has 150 valence electrons. The average molecular weight is 383 g/mol. The Balaban J connectivity index is 1.20. The van der Waals surface area contributed by atoms with Gasteiger partial charge in [0.1, 0.15) is 0 Å². The normalized spacial score (nSPS) is 19.0. The number of amides is 2. The number of H-pyrrole nitrogens is 1. The molecule has 0 spiro atoms. The molecular weight excluding hydrogens is 352 g/mol. The van der Waals surface area contributed by atoms with Crippen LogP contribution in [-0.4, -0.2) is 64.9 Å². The lowest BCUT2D eigenvalue weighted by atomic mass is 10.1. The van der Waals surface area contributed by atoms with E-state index in [1.54, 1.807) is 0 Å². The largest absolute Gasteiger partial charge is 0.361 e. The highest BCUT2D eigenvalue weighted by molar-refractivity contribution is 5.83. The summed E-state index contributed by atoms with van der Waals surface area (Å²) >= 11 is 0. The molecule has 2 fully saturated rings. The first-order valence-corrected chi connectivity index (χ1v) is 10.5. The Morgan fingerprint density at radius 2 is 1.93 bits per heavy atom. The molecule has 1 aliphatic heterocycles. The molecule has 2 N–H and O–H groups in total. The Kier molecular flexibility index (Phi) is 5.67. The maximum Gasteiger partial charge on any atom is 0.237 e. The number of nitrogens with one attached hydrogen (secondary N) is 2. The van der Waals surface area contributed by atoms with Crippen molar-refractivity contribution >= 4 is 22.7 Å². The Labute approximate surface area is 166 Å². The van der Waals surface area contributed by atoms with Crippen LogP contribution in [0.25, 0.3) is 10.9 Å². The van der Waals surface area contributed by atoms with Crippen molar-refractivity contribution in [2.75, 3.05) is 26.2 Å². The smallest absolute Gasteiger partial charge is 0.237 e. The zero-order valence-electron chi connectivity index (χ0n) is 16.6. The average Bonchev–Trinajstić information content (AvgIpc) is 3.45. The van der Waals surface area contributed by atoms with Crippen molar-refractivity contribution in [3.05, 3.63) is 36.0 Å². The van der Waals surface area contributed by atoms with Gasteiger partial charge in [-0.2, -0.15) is 0 Å². The van der Waals surface area contributed by atoms with Crippen LogP contribution in [0.4, 0.5) is 0 Å². The van der Waals surface area contributed by atoms with E-state index in [4.69, 9.17) is 0 Å². The molecule has 0 bridgehead atoms. The minimum absolute atomic E-state index is 0.111. The fourth-order valence-electron chi connectivity index (χ4n) is 4.00. The monoisotopic (exact) mass is 382 g/mol. The second-order valence-corrected chi connectivity index (χ2v) is 8.09. The zero-order valence-corrected chi connectivity index (χ0v) is 16.6. The highest BCUT2D eigenvalue weighted by Gasteiger charge is 2.30. The molecule has 2 amide bonds. The van der Waals surface area contributed by atoms with Crippen LogP contribution in [0.1, 0.15) is 38.2 Å². The fourth-order valence-corrected chi connectivity index (χ4v) is 4.00. The second kappa shape index (κ2) is 8.35. The van der Waals surface area contributed by atoms with Crippen molar-refractivity contribution in [1.82, 2.24) is 20.1 Å². The van der Waals surface area contributed by atoms with Gasteiger partial charge in [0.2, 0.25) is 11.8 Å². The summed E-state index contributed by atoms with van der Waals surface area (Å²) in [7, 11) is 0. The van der Waals surface area contributed by atoms with Gasteiger partial charge in [-0.05, 0) is 44.2 Å². The van der Waals surface area contributed by atoms with Crippen LogP contribution in [0.3, 0.4) is 0 Å². The van der Waals surface area contributed by atoms with E-state index >= 15 is 0 Å². The van der Waals surface area contributed by atoms with Crippen molar-refractivity contribution in [3.63, 3.8) is 0 Å². The molecule has 4 rings (SSSR count). The molecule has 6 heteroatoms. The first-order chi connectivity index (χ1) is 13.6. The summed E-state index contributed by atoms with van der Waals surface area (Å²) in [5, 5.41) is 4.33. The number of rotatable bonds is 7. The quantitative estimate of drug-likeness (QED) is 0.772. The van der Waals surface area contributed by atoms with Crippen molar-refractivity contribution in [2.45, 2.75) is 51.1 Å². The van der Waals surface area contributed by atoms with Crippen LogP contribution in [0.15, 0.2) is 30.5 Å². The van der Waals surface area contributed by atoms with Gasteiger partial charge in [0.25, 0.3) is 0 Å². The molecule has 2 heterocycles. The third kappa shape index (κ3) is 4.38. The molecule has 28 heavy (non-hydrogen) atoms. The summed E-state index contributed by atoms with van der Waals surface area (Å²) in [6.07, 6.45) is 6.63. The molecule has 1 saturated carbocycles. The number of aromatic amines is 1. The van der Waals surface area contributed by atoms with Gasteiger partial charge in [-0.3, -0.25) is 14.5 Å². The molecule has 2 aliphatic rings. The third-order valence-electron chi connectivity index (χ3n) is 6.03. The van der Waals surface area contributed by atoms with Crippen molar-refractivity contribution in [2.24, 2.45) is 0 Å². The lowest BCUT2D eigenvalue weighted by Crippen LogP contribution is -2.55. The molecule has 2 aromatic rings. The number of aromatic nitrogens is 1. The van der Waals surface area contributed by atoms with Gasteiger partial charge < -0.3 is 15.2 Å². The lowest BCUT2D eigenvalue weighted by Gasteiger charge is -2.37. The number of aryl methyl sites for hydroxylation is 1. The molecule has 1 aromatic heterocycles. The number of carbonyl (C=O) groups excluding carboxylic acids is 2. The van der Waals surface area contributed by atoms with Crippen LogP contribution in [0.5, 0.6) is 0 Å². The van der Waals surface area contributed by atoms with Gasteiger partial charge in [-0.15, -0.1) is 0 Å². The fraction of sp³-hybridized carbons (Fsp3) is 0.545. The molecule has 6 nitrogen and oxygen atoms in total. The van der Waals surface area contributed by atoms with E-state index in [0.29, 0.717) is 25.6 Å². The molecular formula is C22H30N4O2. The van der Waals surface area contributed by atoms with Gasteiger partial charge in [0.15, 0.2) is 0 Å². The summed E-state index contributed by atoms with van der Waals surface area (Å²) in [4.78, 5) is 32.2. The summed E-state index contributed by atoms with van der Waals surface area (Å²) < 4.78 is 0. The van der Waals surface area contributed by atoms with Gasteiger partial charge in [0.05, 0.1) is 6.04 Å². The lowest BCUT2D eigenvalue weighted by molar-refractivity contribution is -0.134. The molecule has 1 saturated heterocycles. The minimum atomic E-state index is -0.111. The van der Waals surface area contributed by atoms with E-state index in [9.17, 15) is 9.59 Å².